The molecule has 2 heterocycles. The molecule has 1 aliphatic rings. The molecule has 2 aromatic carbocycles. The molecule has 1 amide bonds. The van der Waals surface area contributed by atoms with Crippen molar-refractivity contribution in [3.63, 3.8) is 0 Å². The highest BCUT2D eigenvalue weighted by molar-refractivity contribution is 6.41. The minimum absolute atomic E-state index is 0.0499. The number of pyridine rings is 1. The molecule has 0 spiro atoms. The molecule has 4 rings (SSSR count). The Kier molecular flexibility index (Phi) is 6.14. The summed E-state index contributed by atoms with van der Waals surface area (Å²) in [5, 5.41) is 0.515. The monoisotopic (exact) mass is 426 g/mol. The zero-order chi connectivity index (χ0) is 20.2. The number of nitrogens with zero attached hydrogens (tertiary/aromatic N) is 2. The van der Waals surface area contributed by atoms with E-state index < -0.39 is 0 Å². The fourth-order valence-corrected chi connectivity index (χ4v) is 4.23. The summed E-state index contributed by atoms with van der Waals surface area (Å²) < 4.78 is 0. The molecule has 148 valence electrons. The Morgan fingerprint density at radius 3 is 2.00 bits per heavy atom. The lowest BCUT2D eigenvalue weighted by Gasteiger charge is -2.37. The standard InChI is InChI=1S/C23H21Cl2N3O/c24-20-15-19(16-26-22(20)25)23(29)28-13-11-27(12-14-28)21(17-7-3-1-4-8-17)18-9-5-2-6-10-18/h1-10,15-16,21H,11-14H2/p+1. The molecule has 1 fully saturated rings. The number of quaternary nitrogens is 1. The number of carbonyl (C=O) groups excluding carboxylic acids is 1. The van der Waals surface area contributed by atoms with Crippen LogP contribution in [0.15, 0.2) is 72.9 Å². The van der Waals surface area contributed by atoms with Gasteiger partial charge >= 0.3 is 0 Å². The first-order chi connectivity index (χ1) is 14.1. The first kappa shape index (κ1) is 19.9. The normalized spacial score (nSPS) is 14.9. The maximum absolute atomic E-state index is 12.9. The summed E-state index contributed by atoms with van der Waals surface area (Å²) in [5.41, 5.74) is 3.06. The summed E-state index contributed by atoms with van der Waals surface area (Å²) in [7, 11) is 0. The molecule has 1 aliphatic heterocycles. The first-order valence-electron chi connectivity index (χ1n) is 9.68. The van der Waals surface area contributed by atoms with Crippen LogP contribution in [0.4, 0.5) is 0 Å². The zero-order valence-corrected chi connectivity index (χ0v) is 17.4. The van der Waals surface area contributed by atoms with E-state index in [9.17, 15) is 4.79 Å². The molecule has 4 nitrogen and oxygen atoms in total. The maximum Gasteiger partial charge on any atom is 0.255 e. The molecule has 0 bridgehead atoms. The van der Waals surface area contributed by atoms with Gasteiger partial charge in [0, 0.05) is 17.3 Å². The lowest BCUT2D eigenvalue weighted by molar-refractivity contribution is -0.929. The number of nitrogens with one attached hydrogen (secondary N) is 1. The predicted octanol–water partition coefficient (Wildman–Crippen LogP) is 3.52. The van der Waals surface area contributed by atoms with Crippen molar-refractivity contribution in [3.05, 3.63) is 99.8 Å². The lowest BCUT2D eigenvalue weighted by Crippen LogP contribution is -3.15. The summed E-state index contributed by atoms with van der Waals surface area (Å²) >= 11 is 11.9. The highest BCUT2D eigenvalue weighted by Crippen LogP contribution is 2.21. The molecule has 1 aromatic heterocycles. The average molecular weight is 427 g/mol. The maximum atomic E-state index is 12.9. The van der Waals surface area contributed by atoms with Gasteiger partial charge in [-0.25, -0.2) is 4.98 Å². The molecule has 0 radical (unpaired) electrons. The molecule has 0 unspecified atom stereocenters. The molecule has 1 saturated heterocycles. The van der Waals surface area contributed by atoms with Gasteiger partial charge in [0.1, 0.15) is 11.2 Å². The van der Waals surface area contributed by atoms with Crippen molar-refractivity contribution in [2.75, 3.05) is 26.2 Å². The van der Waals surface area contributed by atoms with Gasteiger partial charge in [0.05, 0.1) is 36.8 Å². The van der Waals surface area contributed by atoms with Crippen LogP contribution in [-0.2, 0) is 0 Å². The number of amides is 1. The van der Waals surface area contributed by atoms with E-state index in [0.717, 1.165) is 13.1 Å². The first-order valence-corrected chi connectivity index (χ1v) is 10.4. The number of hydrogen-bond donors (Lipinski definition) is 1. The van der Waals surface area contributed by atoms with Crippen LogP contribution < -0.4 is 4.90 Å². The largest absolute Gasteiger partial charge is 0.327 e. The van der Waals surface area contributed by atoms with Crippen LogP contribution in [0.3, 0.4) is 0 Å². The number of piperazine rings is 1. The van der Waals surface area contributed by atoms with Gasteiger partial charge in [0.2, 0.25) is 0 Å². The SMILES string of the molecule is O=C(c1cnc(Cl)c(Cl)c1)N1CC[NH+](C(c2ccccc2)c2ccccc2)CC1. The van der Waals surface area contributed by atoms with Crippen LogP contribution in [0.25, 0.3) is 0 Å². The molecular weight excluding hydrogens is 405 g/mol. The Hall–Kier alpha value is -2.40. The van der Waals surface area contributed by atoms with Gasteiger partial charge in [0.25, 0.3) is 5.91 Å². The fourth-order valence-electron chi connectivity index (χ4n) is 3.96. The zero-order valence-electron chi connectivity index (χ0n) is 15.9. The smallest absolute Gasteiger partial charge is 0.255 e. The van der Waals surface area contributed by atoms with Gasteiger partial charge in [-0.1, -0.05) is 83.9 Å². The van der Waals surface area contributed by atoms with Gasteiger partial charge < -0.3 is 9.80 Å². The summed E-state index contributed by atoms with van der Waals surface area (Å²) in [6.07, 6.45) is 1.49. The molecule has 1 N–H and O–H groups in total. The minimum atomic E-state index is -0.0499. The summed E-state index contributed by atoms with van der Waals surface area (Å²) in [4.78, 5) is 20.2. The molecule has 6 heteroatoms. The number of aromatic nitrogens is 1. The van der Waals surface area contributed by atoms with Crippen molar-refractivity contribution in [1.82, 2.24) is 9.88 Å². The summed E-state index contributed by atoms with van der Waals surface area (Å²) in [5.74, 6) is -0.0499. The summed E-state index contributed by atoms with van der Waals surface area (Å²) in [6.45, 7) is 3.11. The Labute approximate surface area is 180 Å². The van der Waals surface area contributed by atoms with Crippen molar-refractivity contribution in [2.45, 2.75) is 6.04 Å². The molecule has 0 aliphatic carbocycles. The molecule has 0 atom stereocenters. The fraction of sp³-hybridized carbons (Fsp3) is 0.217. The van der Waals surface area contributed by atoms with Gasteiger partial charge in [-0.15, -0.1) is 0 Å². The topological polar surface area (TPSA) is 37.6 Å². The Bertz CT molecular complexity index is 934. The van der Waals surface area contributed by atoms with E-state index in [0.29, 0.717) is 23.7 Å². The van der Waals surface area contributed by atoms with Crippen LogP contribution in [0.1, 0.15) is 27.5 Å². The van der Waals surface area contributed by atoms with Crippen molar-refractivity contribution in [2.24, 2.45) is 0 Å². The van der Waals surface area contributed by atoms with Crippen molar-refractivity contribution in [1.29, 1.82) is 0 Å². The van der Waals surface area contributed by atoms with Crippen LogP contribution in [0, 0.1) is 0 Å². The minimum Gasteiger partial charge on any atom is -0.327 e. The van der Waals surface area contributed by atoms with E-state index in [1.807, 2.05) is 17.0 Å². The van der Waals surface area contributed by atoms with Crippen molar-refractivity contribution >= 4 is 29.1 Å². The number of rotatable bonds is 4. The lowest BCUT2D eigenvalue weighted by atomic mass is 9.96. The van der Waals surface area contributed by atoms with Gasteiger partial charge in [-0.2, -0.15) is 0 Å². The van der Waals surface area contributed by atoms with Crippen LogP contribution in [0.5, 0.6) is 0 Å². The highest BCUT2D eigenvalue weighted by atomic mass is 35.5. The van der Waals surface area contributed by atoms with E-state index in [4.69, 9.17) is 23.2 Å². The Morgan fingerprint density at radius 1 is 0.931 bits per heavy atom. The number of benzene rings is 2. The van der Waals surface area contributed by atoms with Crippen LogP contribution in [-0.4, -0.2) is 42.0 Å². The summed E-state index contributed by atoms with van der Waals surface area (Å²) in [6, 6.07) is 23.0. The number of carbonyl (C=O) groups is 1. The number of hydrogen-bond acceptors (Lipinski definition) is 2. The highest BCUT2D eigenvalue weighted by Gasteiger charge is 2.31. The van der Waals surface area contributed by atoms with E-state index in [2.05, 4.69) is 53.5 Å². The van der Waals surface area contributed by atoms with E-state index >= 15 is 0 Å². The second-order valence-corrected chi connectivity index (χ2v) is 7.97. The van der Waals surface area contributed by atoms with Gasteiger partial charge in [-0.3, -0.25) is 4.79 Å². The molecular formula is C23H22Cl2N3O+. The van der Waals surface area contributed by atoms with Gasteiger partial charge in [-0.05, 0) is 6.07 Å². The second kappa shape index (κ2) is 8.95. The molecule has 0 saturated carbocycles. The Balaban J connectivity index is 1.51. The van der Waals surface area contributed by atoms with E-state index in [1.165, 1.54) is 22.2 Å². The van der Waals surface area contributed by atoms with Crippen LogP contribution in [0.2, 0.25) is 10.2 Å². The number of halogens is 2. The van der Waals surface area contributed by atoms with Gasteiger partial charge in [0.15, 0.2) is 0 Å². The quantitative estimate of drug-likeness (QED) is 0.648. The molecule has 29 heavy (non-hydrogen) atoms. The third-order valence-corrected chi connectivity index (χ3v) is 6.10. The average Bonchev–Trinajstić information content (AvgIpc) is 2.77. The predicted molar refractivity (Wildman–Crippen MR) is 116 cm³/mol. The Morgan fingerprint density at radius 2 is 1.48 bits per heavy atom. The molecule has 3 aromatic rings. The van der Waals surface area contributed by atoms with E-state index in [-0.39, 0.29) is 17.1 Å². The van der Waals surface area contributed by atoms with Crippen LogP contribution >= 0.6 is 23.2 Å². The third kappa shape index (κ3) is 4.45. The van der Waals surface area contributed by atoms with Crippen molar-refractivity contribution < 1.29 is 9.69 Å². The third-order valence-electron chi connectivity index (χ3n) is 5.41. The second-order valence-electron chi connectivity index (χ2n) is 7.20. The van der Waals surface area contributed by atoms with Crippen molar-refractivity contribution in [3.8, 4) is 0 Å². The van der Waals surface area contributed by atoms with E-state index in [1.54, 1.807) is 6.07 Å².